The summed E-state index contributed by atoms with van der Waals surface area (Å²) in [5, 5.41) is 11.5. The van der Waals surface area contributed by atoms with Crippen molar-refractivity contribution in [3.05, 3.63) is 68.2 Å². The molecule has 2 aromatic heterocycles. The second-order valence-electron chi connectivity index (χ2n) is 7.72. The van der Waals surface area contributed by atoms with Crippen molar-refractivity contribution in [3.63, 3.8) is 0 Å². The van der Waals surface area contributed by atoms with E-state index in [1.807, 2.05) is 13.0 Å². The highest BCUT2D eigenvalue weighted by atomic mass is 32.1. The molecular formula is C25H25N3O6S. The lowest BCUT2D eigenvalue weighted by atomic mass is 9.95. The lowest BCUT2D eigenvalue weighted by molar-refractivity contribution is -0.385. The first kappa shape index (κ1) is 24.3. The van der Waals surface area contributed by atoms with E-state index in [0.29, 0.717) is 35.3 Å². The van der Waals surface area contributed by atoms with Gasteiger partial charge in [0.05, 0.1) is 23.7 Å². The van der Waals surface area contributed by atoms with Crippen LogP contribution in [0.15, 0.2) is 41.5 Å². The van der Waals surface area contributed by atoms with Gasteiger partial charge < -0.3 is 14.2 Å². The van der Waals surface area contributed by atoms with Crippen LogP contribution in [-0.2, 0) is 17.6 Å². The van der Waals surface area contributed by atoms with Crippen molar-refractivity contribution in [2.75, 3.05) is 13.2 Å². The standard InChI is InChI=1S/C25H25N3O6S/c1-3-32-20-13-16(9-11-19(20)34-22-12-10-17(15-26-22)28(30)31)14-27-24-23(25(29)33-4-2)18-7-5-6-8-21(18)35-24/h9-15H,3-8H2,1-2H3. The lowest BCUT2D eigenvalue weighted by Gasteiger charge is -2.12. The van der Waals surface area contributed by atoms with Crippen molar-refractivity contribution in [1.29, 1.82) is 0 Å². The maximum Gasteiger partial charge on any atom is 0.341 e. The first-order valence-electron chi connectivity index (χ1n) is 11.4. The largest absolute Gasteiger partial charge is 0.490 e. The molecule has 4 rings (SSSR count). The molecule has 1 aliphatic rings. The van der Waals surface area contributed by atoms with E-state index >= 15 is 0 Å². The number of rotatable bonds is 9. The van der Waals surface area contributed by atoms with Crippen molar-refractivity contribution in [2.45, 2.75) is 39.5 Å². The van der Waals surface area contributed by atoms with E-state index in [0.717, 1.165) is 43.0 Å². The summed E-state index contributed by atoms with van der Waals surface area (Å²) in [6.45, 7) is 4.38. The van der Waals surface area contributed by atoms with E-state index in [9.17, 15) is 14.9 Å². The number of thiophene rings is 1. The van der Waals surface area contributed by atoms with E-state index in [1.165, 1.54) is 17.0 Å². The predicted octanol–water partition coefficient (Wildman–Crippen LogP) is 6.05. The first-order valence-corrected chi connectivity index (χ1v) is 12.2. The van der Waals surface area contributed by atoms with E-state index in [2.05, 4.69) is 9.98 Å². The zero-order valence-corrected chi connectivity index (χ0v) is 20.3. The highest BCUT2D eigenvalue weighted by Crippen LogP contribution is 2.40. The van der Waals surface area contributed by atoms with Crippen LogP contribution in [-0.4, -0.2) is 35.3 Å². The van der Waals surface area contributed by atoms with Crippen molar-refractivity contribution in [2.24, 2.45) is 4.99 Å². The Kier molecular flexibility index (Phi) is 7.71. The molecule has 0 radical (unpaired) electrons. The molecule has 0 saturated heterocycles. The molecule has 0 unspecified atom stereocenters. The number of carbonyl (C=O) groups is 1. The van der Waals surface area contributed by atoms with Crippen molar-refractivity contribution in [1.82, 2.24) is 4.98 Å². The number of nitrogens with zero attached hydrogens (tertiary/aromatic N) is 3. The topological polar surface area (TPSA) is 113 Å². The molecule has 182 valence electrons. The van der Waals surface area contributed by atoms with Crippen LogP contribution < -0.4 is 9.47 Å². The van der Waals surface area contributed by atoms with Gasteiger partial charge in [-0.05, 0) is 68.9 Å². The average Bonchev–Trinajstić information content (AvgIpc) is 3.23. The highest BCUT2D eigenvalue weighted by Gasteiger charge is 2.26. The minimum atomic E-state index is -0.520. The second kappa shape index (κ2) is 11.1. The average molecular weight is 496 g/mol. The molecule has 0 bridgehead atoms. The normalized spacial score (nSPS) is 12.9. The minimum absolute atomic E-state index is 0.119. The number of carbonyl (C=O) groups excluding carboxylic acids is 1. The number of aliphatic imine (C=N–C) groups is 1. The number of benzene rings is 1. The van der Waals surface area contributed by atoms with Gasteiger partial charge >= 0.3 is 5.97 Å². The van der Waals surface area contributed by atoms with Gasteiger partial charge in [0.15, 0.2) is 11.5 Å². The summed E-state index contributed by atoms with van der Waals surface area (Å²) in [5.41, 5.74) is 2.29. The van der Waals surface area contributed by atoms with Crippen LogP contribution in [0.4, 0.5) is 10.7 Å². The number of ether oxygens (including phenoxy) is 3. The zero-order chi connectivity index (χ0) is 24.8. The number of hydrogen-bond donors (Lipinski definition) is 0. The van der Waals surface area contributed by atoms with Crippen LogP contribution in [0, 0.1) is 10.1 Å². The monoisotopic (exact) mass is 495 g/mol. The summed E-state index contributed by atoms with van der Waals surface area (Å²) in [7, 11) is 0. The smallest absolute Gasteiger partial charge is 0.341 e. The van der Waals surface area contributed by atoms with Crippen molar-refractivity contribution in [3.8, 4) is 17.4 Å². The number of nitro groups is 1. The molecule has 0 amide bonds. The molecule has 10 heteroatoms. The SMILES string of the molecule is CCOC(=O)c1c(N=Cc2ccc(Oc3ccc([N+](=O)[O-])cn3)c(OCC)c2)sc2c1CCCC2. The molecule has 0 spiro atoms. The predicted molar refractivity (Wildman–Crippen MR) is 133 cm³/mol. The van der Waals surface area contributed by atoms with Crippen LogP contribution in [0.2, 0.25) is 0 Å². The molecule has 0 fully saturated rings. The first-order chi connectivity index (χ1) is 17.0. The lowest BCUT2D eigenvalue weighted by Crippen LogP contribution is -2.09. The number of aryl methyl sites for hydroxylation is 1. The molecular weight excluding hydrogens is 470 g/mol. The molecule has 3 aromatic rings. The molecule has 0 atom stereocenters. The zero-order valence-electron chi connectivity index (χ0n) is 19.5. The Labute approximate surface area is 206 Å². The molecule has 1 aliphatic carbocycles. The Morgan fingerprint density at radius 3 is 2.71 bits per heavy atom. The number of esters is 1. The van der Waals surface area contributed by atoms with Crippen molar-refractivity contribution >= 4 is 34.2 Å². The summed E-state index contributed by atoms with van der Waals surface area (Å²) in [6.07, 6.45) is 6.82. The summed E-state index contributed by atoms with van der Waals surface area (Å²) >= 11 is 1.55. The third-order valence-corrected chi connectivity index (χ3v) is 6.58. The van der Waals surface area contributed by atoms with E-state index in [-0.39, 0.29) is 17.5 Å². The van der Waals surface area contributed by atoms with Crippen LogP contribution in [0.25, 0.3) is 0 Å². The van der Waals surface area contributed by atoms with Crippen LogP contribution in [0.1, 0.15) is 53.1 Å². The number of pyridine rings is 1. The Morgan fingerprint density at radius 2 is 2.00 bits per heavy atom. The van der Waals surface area contributed by atoms with Gasteiger partial charge in [0.25, 0.3) is 5.69 Å². The van der Waals surface area contributed by atoms with E-state index in [4.69, 9.17) is 14.2 Å². The Balaban J connectivity index is 1.60. The van der Waals surface area contributed by atoms with E-state index < -0.39 is 4.92 Å². The van der Waals surface area contributed by atoms with Gasteiger partial charge in [-0.2, -0.15) is 0 Å². The second-order valence-corrected chi connectivity index (χ2v) is 8.81. The van der Waals surface area contributed by atoms with Crippen LogP contribution >= 0.6 is 11.3 Å². The minimum Gasteiger partial charge on any atom is -0.490 e. The van der Waals surface area contributed by atoms with Crippen molar-refractivity contribution < 1.29 is 23.9 Å². The van der Waals surface area contributed by atoms with Gasteiger partial charge in [0.1, 0.15) is 11.2 Å². The van der Waals surface area contributed by atoms with Gasteiger partial charge in [-0.25, -0.2) is 14.8 Å². The van der Waals surface area contributed by atoms with E-state index in [1.54, 1.807) is 36.6 Å². The maximum atomic E-state index is 12.7. The Morgan fingerprint density at radius 1 is 1.17 bits per heavy atom. The fourth-order valence-corrected chi connectivity index (χ4v) is 5.02. The Bertz CT molecular complexity index is 1250. The number of hydrogen-bond acceptors (Lipinski definition) is 9. The maximum absolute atomic E-state index is 12.7. The molecule has 35 heavy (non-hydrogen) atoms. The summed E-state index contributed by atoms with van der Waals surface area (Å²) < 4.78 is 16.8. The third-order valence-electron chi connectivity index (χ3n) is 5.38. The molecule has 1 aromatic carbocycles. The molecule has 0 saturated carbocycles. The molecule has 0 aliphatic heterocycles. The summed E-state index contributed by atoms with van der Waals surface area (Å²) in [4.78, 5) is 32.8. The quantitative estimate of drug-likeness (QED) is 0.154. The summed E-state index contributed by atoms with van der Waals surface area (Å²) in [5.74, 6) is 0.784. The number of aromatic nitrogens is 1. The van der Waals surface area contributed by atoms with Crippen LogP contribution in [0.3, 0.4) is 0 Å². The fourth-order valence-electron chi connectivity index (χ4n) is 3.80. The van der Waals surface area contributed by atoms with Crippen LogP contribution in [0.5, 0.6) is 17.4 Å². The third kappa shape index (κ3) is 5.65. The fraction of sp³-hybridized carbons (Fsp3) is 0.320. The van der Waals surface area contributed by atoms with Gasteiger partial charge in [-0.15, -0.1) is 11.3 Å². The van der Waals surface area contributed by atoms with Gasteiger partial charge in [0.2, 0.25) is 5.88 Å². The molecule has 9 nitrogen and oxygen atoms in total. The summed E-state index contributed by atoms with van der Waals surface area (Å²) in [6, 6.07) is 8.07. The highest BCUT2D eigenvalue weighted by molar-refractivity contribution is 7.16. The number of fused-ring (bicyclic) bond motifs is 1. The van der Waals surface area contributed by atoms with Gasteiger partial charge in [-0.1, -0.05) is 0 Å². The molecule has 2 heterocycles. The van der Waals surface area contributed by atoms with Gasteiger partial charge in [0, 0.05) is 23.2 Å². The Hall–Kier alpha value is -3.79. The molecule has 0 N–H and O–H groups in total. The van der Waals surface area contributed by atoms with Gasteiger partial charge in [-0.3, -0.25) is 10.1 Å².